The summed E-state index contributed by atoms with van der Waals surface area (Å²) in [4.78, 5) is 3.82. The van der Waals surface area contributed by atoms with Crippen molar-refractivity contribution in [2.75, 3.05) is 20.3 Å². The van der Waals surface area contributed by atoms with E-state index >= 15 is 0 Å². The van der Waals surface area contributed by atoms with Crippen LogP contribution in [0.1, 0.15) is 17.2 Å². The van der Waals surface area contributed by atoms with Gasteiger partial charge in [0.1, 0.15) is 18.2 Å². The minimum Gasteiger partial charge on any atom is -0.491 e. The molecule has 1 heterocycles. The van der Waals surface area contributed by atoms with E-state index in [9.17, 15) is 4.39 Å². The molecule has 0 amide bonds. The first-order valence-electron chi connectivity index (χ1n) is 6.29. The Balaban J connectivity index is 2.23. The SMILES string of the molecule is COCCOc1ccccc1C(N)c1cncc(F)c1. The standard InChI is InChI=1S/C15H17FN2O2/c1-19-6-7-20-14-5-3-2-4-13(14)15(17)11-8-12(16)10-18-9-11/h2-5,8-10,15H,6-7,17H2,1H3. The highest BCUT2D eigenvalue weighted by Crippen LogP contribution is 2.28. The molecular formula is C15H17FN2O2. The van der Waals surface area contributed by atoms with E-state index < -0.39 is 11.9 Å². The number of para-hydroxylation sites is 1. The Morgan fingerprint density at radius 1 is 1.25 bits per heavy atom. The third-order valence-corrected chi connectivity index (χ3v) is 2.88. The number of rotatable bonds is 6. The number of aromatic nitrogens is 1. The van der Waals surface area contributed by atoms with Crippen LogP contribution in [0, 0.1) is 5.82 Å². The molecule has 0 spiro atoms. The molecule has 1 atom stereocenters. The van der Waals surface area contributed by atoms with Crippen molar-refractivity contribution >= 4 is 0 Å². The molecule has 1 unspecified atom stereocenters. The molecule has 1 aromatic heterocycles. The predicted molar refractivity (Wildman–Crippen MR) is 74.0 cm³/mol. The minimum atomic E-state index is -0.489. The maximum atomic E-state index is 13.2. The number of nitrogens with zero attached hydrogens (tertiary/aromatic N) is 1. The molecule has 0 aliphatic rings. The first kappa shape index (κ1) is 14.4. The van der Waals surface area contributed by atoms with E-state index in [-0.39, 0.29) is 0 Å². The molecule has 2 N–H and O–H groups in total. The lowest BCUT2D eigenvalue weighted by Crippen LogP contribution is -2.15. The fourth-order valence-electron chi connectivity index (χ4n) is 1.88. The van der Waals surface area contributed by atoms with Gasteiger partial charge >= 0.3 is 0 Å². The summed E-state index contributed by atoms with van der Waals surface area (Å²) in [7, 11) is 1.61. The van der Waals surface area contributed by atoms with Crippen molar-refractivity contribution in [1.82, 2.24) is 4.98 Å². The Bertz CT molecular complexity index is 563. The van der Waals surface area contributed by atoms with Crippen LogP contribution in [0.2, 0.25) is 0 Å². The summed E-state index contributed by atoms with van der Waals surface area (Å²) < 4.78 is 23.8. The van der Waals surface area contributed by atoms with Crippen molar-refractivity contribution in [3.05, 3.63) is 59.7 Å². The largest absolute Gasteiger partial charge is 0.491 e. The van der Waals surface area contributed by atoms with Crippen LogP contribution in [0.5, 0.6) is 5.75 Å². The summed E-state index contributed by atoms with van der Waals surface area (Å²) in [6, 6.07) is 8.31. The smallest absolute Gasteiger partial charge is 0.141 e. The van der Waals surface area contributed by atoms with Gasteiger partial charge in [0.05, 0.1) is 18.8 Å². The molecule has 0 saturated carbocycles. The van der Waals surface area contributed by atoms with Crippen LogP contribution in [0.15, 0.2) is 42.7 Å². The van der Waals surface area contributed by atoms with E-state index in [1.54, 1.807) is 13.3 Å². The molecular weight excluding hydrogens is 259 g/mol. The number of ether oxygens (including phenoxy) is 2. The summed E-state index contributed by atoms with van der Waals surface area (Å²) in [5.41, 5.74) is 7.56. The molecule has 2 aromatic rings. The van der Waals surface area contributed by atoms with E-state index in [0.29, 0.717) is 24.5 Å². The lowest BCUT2D eigenvalue weighted by atomic mass is 10.0. The monoisotopic (exact) mass is 276 g/mol. The topological polar surface area (TPSA) is 57.4 Å². The number of nitrogens with two attached hydrogens (primary N) is 1. The summed E-state index contributed by atoms with van der Waals surface area (Å²) in [5.74, 6) is 0.261. The zero-order chi connectivity index (χ0) is 14.4. The number of halogens is 1. The van der Waals surface area contributed by atoms with Gasteiger partial charge in [0, 0.05) is 18.9 Å². The number of methoxy groups -OCH3 is 1. The molecule has 0 fully saturated rings. The van der Waals surface area contributed by atoms with Crippen LogP contribution in [-0.4, -0.2) is 25.3 Å². The summed E-state index contributed by atoms with van der Waals surface area (Å²) in [6.07, 6.45) is 2.71. The van der Waals surface area contributed by atoms with Gasteiger partial charge in [-0.2, -0.15) is 0 Å². The van der Waals surface area contributed by atoms with Crippen LogP contribution in [0.3, 0.4) is 0 Å². The van der Waals surface area contributed by atoms with Crippen molar-refractivity contribution in [2.24, 2.45) is 5.73 Å². The Labute approximate surface area is 117 Å². The predicted octanol–water partition coefficient (Wildman–Crippen LogP) is 2.29. The van der Waals surface area contributed by atoms with Crippen molar-refractivity contribution < 1.29 is 13.9 Å². The van der Waals surface area contributed by atoms with Gasteiger partial charge < -0.3 is 15.2 Å². The highest BCUT2D eigenvalue weighted by Gasteiger charge is 2.14. The lowest BCUT2D eigenvalue weighted by Gasteiger charge is -2.17. The van der Waals surface area contributed by atoms with Gasteiger partial charge in [0.25, 0.3) is 0 Å². The summed E-state index contributed by atoms with van der Waals surface area (Å²) in [5, 5.41) is 0. The first-order valence-corrected chi connectivity index (χ1v) is 6.29. The van der Waals surface area contributed by atoms with Crippen molar-refractivity contribution in [3.8, 4) is 5.75 Å². The molecule has 0 saturated heterocycles. The van der Waals surface area contributed by atoms with Gasteiger partial charge in [-0.05, 0) is 17.7 Å². The zero-order valence-corrected chi connectivity index (χ0v) is 11.3. The van der Waals surface area contributed by atoms with Crippen molar-refractivity contribution in [3.63, 3.8) is 0 Å². The highest BCUT2D eigenvalue weighted by molar-refractivity contribution is 5.40. The lowest BCUT2D eigenvalue weighted by molar-refractivity contribution is 0.145. The van der Waals surface area contributed by atoms with Crippen LogP contribution in [0.25, 0.3) is 0 Å². The van der Waals surface area contributed by atoms with Crippen LogP contribution in [-0.2, 0) is 4.74 Å². The second-order valence-electron chi connectivity index (χ2n) is 4.29. The molecule has 0 bridgehead atoms. The Hall–Kier alpha value is -1.98. The Kier molecular flexibility index (Phi) is 5.03. The van der Waals surface area contributed by atoms with E-state index in [2.05, 4.69) is 4.98 Å². The maximum absolute atomic E-state index is 13.2. The van der Waals surface area contributed by atoms with Gasteiger partial charge in [-0.25, -0.2) is 4.39 Å². The normalized spacial score (nSPS) is 12.2. The summed E-state index contributed by atoms with van der Waals surface area (Å²) >= 11 is 0. The third-order valence-electron chi connectivity index (χ3n) is 2.88. The molecule has 2 rings (SSSR count). The minimum absolute atomic E-state index is 0.407. The molecule has 0 radical (unpaired) electrons. The number of benzene rings is 1. The highest BCUT2D eigenvalue weighted by atomic mass is 19.1. The van der Waals surface area contributed by atoms with Crippen LogP contribution in [0.4, 0.5) is 4.39 Å². The molecule has 0 aliphatic heterocycles. The second kappa shape index (κ2) is 6.98. The molecule has 106 valence electrons. The number of hydrogen-bond acceptors (Lipinski definition) is 4. The van der Waals surface area contributed by atoms with Crippen LogP contribution < -0.4 is 10.5 Å². The van der Waals surface area contributed by atoms with Crippen LogP contribution >= 0.6 is 0 Å². The maximum Gasteiger partial charge on any atom is 0.141 e. The fourth-order valence-corrected chi connectivity index (χ4v) is 1.88. The first-order chi connectivity index (χ1) is 9.72. The van der Waals surface area contributed by atoms with Crippen molar-refractivity contribution in [1.29, 1.82) is 0 Å². The quantitative estimate of drug-likeness (QED) is 0.822. The molecule has 1 aromatic carbocycles. The average molecular weight is 276 g/mol. The molecule has 20 heavy (non-hydrogen) atoms. The number of hydrogen-bond donors (Lipinski definition) is 1. The molecule has 4 nitrogen and oxygen atoms in total. The summed E-state index contributed by atoms with van der Waals surface area (Å²) in [6.45, 7) is 0.923. The molecule has 5 heteroatoms. The molecule has 0 aliphatic carbocycles. The van der Waals surface area contributed by atoms with Crippen molar-refractivity contribution in [2.45, 2.75) is 6.04 Å². The van der Waals surface area contributed by atoms with Gasteiger partial charge in [-0.1, -0.05) is 18.2 Å². The van der Waals surface area contributed by atoms with E-state index in [4.69, 9.17) is 15.2 Å². The van der Waals surface area contributed by atoms with E-state index in [0.717, 1.165) is 11.8 Å². The zero-order valence-electron chi connectivity index (χ0n) is 11.3. The third kappa shape index (κ3) is 3.53. The van der Waals surface area contributed by atoms with Gasteiger partial charge in [0.15, 0.2) is 0 Å². The van der Waals surface area contributed by atoms with Gasteiger partial charge in [-0.3, -0.25) is 4.98 Å². The average Bonchev–Trinajstić information content (AvgIpc) is 2.47. The Morgan fingerprint density at radius 3 is 2.80 bits per heavy atom. The Morgan fingerprint density at radius 2 is 2.05 bits per heavy atom. The van der Waals surface area contributed by atoms with E-state index in [1.807, 2.05) is 24.3 Å². The number of pyridine rings is 1. The fraction of sp³-hybridized carbons (Fsp3) is 0.267. The van der Waals surface area contributed by atoms with Gasteiger partial charge in [-0.15, -0.1) is 0 Å². The van der Waals surface area contributed by atoms with Gasteiger partial charge in [0.2, 0.25) is 0 Å². The second-order valence-corrected chi connectivity index (χ2v) is 4.29. The van der Waals surface area contributed by atoms with E-state index in [1.165, 1.54) is 6.07 Å².